The molecular weight excluding hydrogens is 362 g/mol. The van der Waals surface area contributed by atoms with Crippen molar-refractivity contribution in [3.63, 3.8) is 0 Å². The first-order valence-corrected chi connectivity index (χ1v) is 8.96. The molecule has 0 N–H and O–H groups in total. The summed E-state index contributed by atoms with van der Waals surface area (Å²) in [6, 6.07) is 1.75. The van der Waals surface area contributed by atoms with E-state index < -0.39 is 23.4 Å². The minimum Gasteiger partial charge on any atom is -0.443 e. The summed E-state index contributed by atoms with van der Waals surface area (Å²) in [5.41, 5.74) is 0.0934. The summed E-state index contributed by atoms with van der Waals surface area (Å²) in [5, 5.41) is 8.01. The van der Waals surface area contributed by atoms with Crippen LogP contribution >= 0.6 is 0 Å². The van der Waals surface area contributed by atoms with Gasteiger partial charge in [0.2, 0.25) is 0 Å². The Morgan fingerprint density at radius 3 is 2.29 bits per heavy atom. The monoisotopic (exact) mass is 387 g/mol. The molecule has 9 nitrogen and oxygen atoms in total. The van der Waals surface area contributed by atoms with Crippen molar-refractivity contribution in [2.24, 2.45) is 0 Å². The fourth-order valence-corrected chi connectivity index (χ4v) is 2.68. The first-order chi connectivity index (χ1) is 12.9. The molecule has 0 bridgehead atoms. The quantitative estimate of drug-likeness (QED) is 0.672. The highest BCUT2D eigenvalue weighted by Gasteiger charge is 2.36. The lowest BCUT2D eigenvalue weighted by molar-refractivity contribution is 0.0396. The van der Waals surface area contributed by atoms with Crippen molar-refractivity contribution in [1.82, 2.24) is 15.1 Å². The number of carbonyl (C=O) groups is 2. The second kappa shape index (κ2) is 6.81. The highest BCUT2D eigenvalue weighted by Crippen LogP contribution is 2.37. The maximum atomic E-state index is 12.7. The maximum Gasteiger partial charge on any atom is 0.418 e. The van der Waals surface area contributed by atoms with Crippen LogP contribution < -0.4 is 9.80 Å². The smallest absolute Gasteiger partial charge is 0.418 e. The molecule has 1 aromatic rings. The molecule has 2 amide bonds. The summed E-state index contributed by atoms with van der Waals surface area (Å²) in [4.78, 5) is 29.7. The van der Waals surface area contributed by atoms with Gasteiger partial charge in [-0.2, -0.15) is 5.10 Å². The number of aromatic nitrogens is 2. The largest absolute Gasteiger partial charge is 0.443 e. The molecule has 0 aromatic carbocycles. The van der Waals surface area contributed by atoms with Gasteiger partial charge in [0.1, 0.15) is 11.2 Å². The number of amides is 2. The average Bonchev–Trinajstić information content (AvgIpc) is 2.57. The van der Waals surface area contributed by atoms with Crippen LogP contribution in [0.2, 0.25) is 0 Å². The summed E-state index contributed by atoms with van der Waals surface area (Å²) < 4.78 is 10.9. The van der Waals surface area contributed by atoms with Crippen molar-refractivity contribution in [3.05, 3.63) is 36.6 Å². The first-order valence-electron chi connectivity index (χ1n) is 8.96. The van der Waals surface area contributed by atoms with Crippen LogP contribution in [0.25, 0.3) is 0 Å². The molecule has 2 aliphatic rings. The van der Waals surface area contributed by atoms with Crippen LogP contribution in [0, 0.1) is 0 Å². The molecule has 2 aliphatic heterocycles. The molecule has 150 valence electrons. The van der Waals surface area contributed by atoms with E-state index in [0.717, 1.165) is 0 Å². The van der Waals surface area contributed by atoms with Crippen molar-refractivity contribution in [2.45, 2.75) is 52.7 Å². The Morgan fingerprint density at radius 1 is 1.00 bits per heavy atom. The number of fused-ring (bicyclic) bond motifs is 3. The highest BCUT2D eigenvalue weighted by atomic mass is 16.6. The van der Waals surface area contributed by atoms with E-state index in [-0.39, 0.29) is 6.54 Å². The number of nitrogens with zero attached hydrogens (tertiary/aromatic N) is 5. The molecule has 3 heterocycles. The number of hydrogen-bond acceptors (Lipinski definition) is 7. The first kappa shape index (κ1) is 19.7. The Hall–Kier alpha value is -3.10. The summed E-state index contributed by atoms with van der Waals surface area (Å²) in [7, 11) is 0. The number of ether oxygens (including phenoxy) is 2. The zero-order valence-corrected chi connectivity index (χ0v) is 17.0. The summed E-state index contributed by atoms with van der Waals surface area (Å²) in [6.07, 6.45) is 5.47. The maximum absolute atomic E-state index is 12.7. The number of carbonyl (C=O) groups excluding carboxylic acids is 2. The van der Waals surface area contributed by atoms with E-state index in [9.17, 15) is 9.59 Å². The zero-order chi connectivity index (χ0) is 20.7. The van der Waals surface area contributed by atoms with Crippen LogP contribution in [0.1, 0.15) is 41.5 Å². The molecule has 0 spiro atoms. The van der Waals surface area contributed by atoms with Gasteiger partial charge in [0.05, 0.1) is 24.1 Å². The molecule has 0 saturated carbocycles. The minimum atomic E-state index is -0.653. The third kappa shape index (κ3) is 4.24. The molecule has 0 aliphatic carbocycles. The predicted octanol–water partition coefficient (Wildman–Crippen LogP) is 3.60. The highest BCUT2D eigenvalue weighted by molar-refractivity contribution is 5.94. The van der Waals surface area contributed by atoms with E-state index >= 15 is 0 Å². The van der Waals surface area contributed by atoms with Crippen molar-refractivity contribution >= 4 is 23.7 Å². The lowest BCUT2D eigenvalue weighted by atomic mass is 10.2. The van der Waals surface area contributed by atoms with E-state index in [2.05, 4.69) is 10.2 Å². The van der Waals surface area contributed by atoms with Gasteiger partial charge in [0.25, 0.3) is 0 Å². The lowest BCUT2D eigenvalue weighted by Gasteiger charge is -2.39. The molecular formula is C19H25N5O4. The van der Waals surface area contributed by atoms with Gasteiger partial charge in [-0.15, -0.1) is 5.10 Å². The Kier molecular flexibility index (Phi) is 4.78. The van der Waals surface area contributed by atoms with Crippen LogP contribution in [-0.2, 0) is 9.47 Å². The number of rotatable bonds is 0. The molecule has 3 rings (SSSR count). The second-order valence-electron chi connectivity index (χ2n) is 8.48. The number of anilines is 2. The standard InChI is InChI=1S/C19H25N5O4/c1-18(2,3)27-16(25)22-9-10-23-13(11-22)12-24(17(26)28-19(4,5)6)15-14(23)7-8-20-21-15/h7-11H,12H2,1-6H3. The van der Waals surface area contributed by atoms with Gasteiger partial charge in [0.15, 0.2) is 5.82 Å². The van der Waals surface area contributed by atoms with E-state index in [1.807, 2.05) is 4.90 Å². The lowest BCUT2D eigenvalue weighted by Crippen LogP contribution is -2.46. The van der Waals surface area contributed by atoms with E-state index in [0.29, 0.717) is 17.2 Å². The Bertz CT molecular complexity index is 851. The fraction of sp³-hybridized carbons (Fsp3) is 0.474. The van der Waals surface area contributed by atoms with Crippen molar-refractivity contribution < 1.29 is 19.1 Å². The van der Waals surface area contributed by atoms with Crippen LogP contribution in [0.4, 0.5) is 21.1 Å². The van der Waals surface area contributed by atoms with Gasteiger partial charge >= 0.3 is 12.2 Å². The normalized spacial score (nSPS) is 16.2. The van der Waals surface area contributed by atoms with Gasteiger partial charge in [-0.1, -0.05) is 0 Å². The summed E-state index contributed by atoms with van der Waals surface area (Å²) in [5.74, 6) is 0.393. The van der Waals surface area contributed by atoms with Crippen molar-refractivity contribution in [1.29, 1.82) is 0 Å². The Morgan fingerprint density at radius 2 is 1.64 bits per heavy atom. The van der Waals surface area contributed by atoms with Gasteiger partial charge < -0.3 is 14.4 Å². The topological polar surface area (TPSA) is 88.1 Å². The van der Waals surface area contributed by atoms with Crippen molar-refractivity contribution in [3.8, 4) is 0 Å². The summed E-state index contributed by atoms with van der Waals surface area (Å²) in [6.45, 7) is 11.0. The molecule has 1 aromatic heterocycles. The van der Waals surface area contributed by atoms with Crippen LogP contribution in [0.15, 0.2) is 36.6 Å². The number of hydrogen-bond donors (Lipinski definition) is 0. The van der Waals surface area contributed by atoms with Gasteiger partial charge in [-0.3, -0.25) is 9.80 Å². The van der Waals surface area contributed by atoms with Gasteiger partial charge in [0, 0.05) is 18.6 Å². The van der Waals surface area contributed by atoms with E-state index in [4.69, 9.17) is 9.47 Å². The molecule has 0 saturated heterocycles. The molecule has 9 heteroatoms. The molecule has 0 radical (unpaired) electrons. The summed E-state index contributed by atoms with van der Waals surface area (Å²) >= 11 is 0. The van der Waals surface area contributed by atoms with Crippen LogP contribution in [0.5, 0.6) is 0 Å². The third-order valence-corrected chi connectivity index (χ3v) is 3.71. The molecule has 0 unspecified atom stereocenters. The van der Waals surface area contributed by atoms with Crippen LogP contribution in [-0.4, -0.2) is 45.0 Å². The second-order valence-corrected chi connectivity index (χ2v) is 8.48. The van der Waals surface area contributed by atoms with Crippen LogP contribution in [0.3, 0.4) is 0 Å². The Balaban J connectivity index is 1.92. The van der Waals surface area contributed by atoms with Gasteiger partial charge in [-0.05, 0) is 47.6 Å². The molecule has 0 fully saturated rings. The van der Waals surface area contributed by atoms with E-state index in [1.54, 1.807) is 72.4 Å². The average molecular weight is 387 g/mol. The fourth-order valence-electron chi connectivity index (χ4n) is 2.68. The molecule has 0 atom stereocenters. The Labute approximate surface area is 164 Å². The SMILES string of the molecule is CC(C)(C)OC(=O)N1C=CN2C(=C1)CN(C(=O)OC(C)(C)C)c1nnccc12. The predicted molar refractivity (Wildman–Crippen MR) is 103 cm³/mol. The minimum absolute atomic E-state index is 0.171. The third-order valence-electron chi connectivity index (χ3n) is 3.71. The van der Waals surface area contributed by atoms with E-state index in [1.165, 1.54) is 9.80 Å². The zero-order valence-electron chi connectivity index (χ0n) is 17.0. The van der Waals surface area contributed by atoms with Gasteiger partial charge in [-0.25, -0.2) is 9.59 Å². The van der Waals surface area contributed by atoms with Crippen molar-refractivity contribution in [2.75, 3.05) is 16.3 Å². The molecule has 28 heavy (non-hydrogen) atoms.